The van der Waals surface area contributed by atoms with Gasteiger partial charge >= 0.3 is 0 Å². The van der Waals surface area contributed by atoms with Crippen molar-refractivity contribution in [2.45, 2.75) is 33.1 Å². The van der Waals surface area contributed by atoms with Crippen LogP contribution in [0.5, 0.6) is 5.75 Å². The molecule has 0 unspecified atom stereocenters. The van der Waals surface area contributed by atoms with Crippen LogP contribution in [0.4, 0.5) is 13.2 Å². The van der Waals surface area contributed by atoms with Crippen LogP contribution in [0.1, 0.15) is 37.0 Å². The molecule has 5 heteroatoms. The number of hydrogen-bond donors (Lipinski definition) is 1. The molecule has 148 valence electrons. The first-order valence-corrected chi connectivity index (χ1v) is 9.44. The maximum absolute atomic E-state index is 14.7. The summed E-state index contributed by atoms with van der Waals surface area (Å²) in [6, 6.07) is 12.8. The van der Waals surface area contributed by atoms with E-state index in [9.17, 15) is 18.3 Å². The zero-order valence-electron chi connectivity index (χ0n) is 16.2. The molecular weight excluding hydrogens is 375 g/mol. The highest BCUT2D eigenvalue weighted by molar-refractivity contribution is 5.90. The van der Waals surface area contributed by atoms with Gasteiger partial charge in [0.1, 0.15) is 11.9 Å². The van der Waals surface area contributed by atoms with Crippen molar-refractivity contribution in [3.8, 4) is 34.1 Å². The molecule has 1 N–H and O–H groups in total. The Morgan fingerprint density at radius 3 is 2.10 bits per heavy atom. The molecule has 2 nitrogen and oxygen atoms in total. The molecule has 0 aliphatic carbocycles. The molecule has 0 aliphatic rings. The summed E-state index contributed by atoms with van der Waals surface area (Å²) in [5.41, 5.74) is 2.12. The highest BCUT2D eigenvalue weighted by Crippen LogP contribution is 2.44. The minimum atomic E-state index is -1.37. The lowest BCUT2D eigenvalue weighted by atomic mass is 9.87. The second-order valence-corrected chi connectivity index (χ2v) is 6.81. The summed E-state index contributed by atoms with van der Waals surface area (Å²) in [7, 11) is 0. The molecule has 29 heavy (non-hydrogen) atoms. The molecule has 0 aromatic heterocycles. The summed E-state index contributed by atoms with van der Waals surface area (Å²) in [6.45, 7) is 3.75. The molecule has 3 rings (SSSR count). The molecular formula is C24H20F3NO. The molecule has 3 aromatic rings. The Balaban J connectivity index is 2.34. The third-order valence-corrected chi connectivity index (χ3v) is 4.97. The van der Waals surface area contributed by atoms with Crippen LogP contribution in [0, 0.1) is 28.8 Å². The van der Waals surface area contributed by atoms with Crippen molar-refractivity contribution in [3.05, 3.63) is 76.6 Å². The van der Waals surface area contributed by atoms with E-state index in [0.717, 1.165) is 24.5 Å². The Kier molecular flexibility index (Phi) is 5.93. The van der Waals surface area contributed by atoms with E-state index in [1.54, 1.807) is 25.1 Å². The van der Waals surface area contributed by atoms with Crippen molar-refractivity contribution >= 4 is 0 Å². The van der Waals surface area contributed by atoms with Crippen LogP contribution in [-0.4, -0.2) is 5.11 Å². The summed E-state index contributed by atoms with van der Waals surface area (Å²) in [5.74, 6) is -4.16. The molecule has 0 heterocycles. The number of halogens is 3. The van der Waals surface area contributed by atoms with Gasteiger partial charge in [-0.05, 0) is 52.8 Å². The van der Waals surface area contributed by atoms with Crippen LogP contribution in [0.15, 0.2) is 42.5 Å². The Hall–Kier alpha value is -3.26. The summed E-state index contributed by atoms with van der Waals surface area (Å²) in [4.78, 5) is 0. The summed E-state index contributed by atoms with van der Waals surface area (Å²) in [6.07, 6.45) is 2.04. The van der Waals surface area contributed by atoms with Crippen molar-refractivity contribution in [2.24, 2.45) is 0 Å². The number of rotatable bonds is 5. The van der Waals surface area contributed by atoms with E-state index in [1.807, 2.05) is 12.1 Å². The van der Waals surface area contributed by atoms with Crippen molar-refractivity contribution in [1.82, 2.24) is 0 Å². The van der Waals surface area contributed by atoms with Crippen LogP contribution < -0.4 is 0 Å². The molecule has 0 saturated carbocycles. The molecule has 0 fully saturated rings. The van der Waals surface area contributed by atoms with E-state index >= 15 is 0 Å². The number of nitrogens with zero attached hydrogens (tertiary/aromatic N) is 1. The summed E-state index contributed by atoms with van der Waals surface area (Å²) >= 11 is 0. The fourth-order valence-corrected chi connectivity index (χ4v) is 3.54. The fraction of sp³-hybridized carbons (Fsp3) is 0.208. The predicted molar refractivity (Wildman–Crippen MR) is 107 cm³/mol. The average molecular weight is 395 g/mol. The monoisotopic (exact) mass is 395 g/mol. The normalized spacial score (nSPS) is 10.8. The van der Waals surface area contributed by atoms with E-state index < -0.39 is 23.2 Å². The van der Waals surface area contributed by atoms with E-state index in [1.165, 1.54) is 12.1 Å². The highest BCUT2D eigenvalue weighted by Gasteiger charge is 2.26. The van der Waals surface area contributed by atoms with Gasteiger partial charge in [0.2, 0.25) is 5.82 Å². The molecule has 0 radical (unpaired) electrons. The minimum absolute atomic E-state index is 0.00683. The van der Waals surface area contributed by atoms with Gasteiger partial charge in [0.25, 0.3) is 0 Å². The van der Waals surface area contributed by atoms with Crippen LogP contribution >= 0.6 is 0 Å². The van der Waals surface area contributed by atoms with Gasteiger partial charge in [0.05, 0.1) is 5.56 Å². The van der Waals surface area contributed by atoms with Gasteiger partial charge in [-0.2, -0.15) is 9.65 Å². The van der Waals surface area contributed by atoms with Crippen molar-refractivity contribution < 1.29 is 18.3 Å². The largest absolute Gasteiger partial charge is 0.504 e. The molecule has 3 aromatic carbocycles. The molecule has 0 aliphatic heterocycles. The summed E-state index contributed by atoms with van der Waals surface area (Å²) in [5, 5.41) is 19.4. The zero-order valence-corrected chi connectivity index (χ0v) is 16.2. The molecule has 0 spiro atoms. The van der Waals surface area contributed by atoms with E-state index in [-0.39, 0.29) is 28.7 Å². The Morgan fingerprint density at radius 2 is 1.55 bits per heavy atom. The number of phenolic OH excluding ortho intramolecular Hbond substituents is 1. The van der Waals surface area contributed by atoms with Crippen LogP contribution in [0.3, 0.4) is 0 Å². The standard InChI is InChI=1S/C24H20F3NO/c1-3-5-14-6-8-15(9-7-14)20-18(4-2)22(26)23(27)24(29)21(20)16-10-11-17(13-28)19(25)12-16/h6-12,29H,3-5H2,1-2H3. The number of phenols is 1. The zero-order chi connectivity index (χ0) is 21.1. The molecule has 0 bridgehead atoms. The van der Waals surface area contributed by atoms with Crippen LogP contribution in [0.2, 0.25) is 0 Å². The first-order valence-electron chi connectivity index (χ1n) is 9.44. The van der Waals surface area contributed by atoms with E-state index in [4.69, 9.17) is 5.26 Å². The lowest BCUT2D eigenvalue weighted by Crippen LogP contribution is -2.02. The van der Waals surface area contributed by atoms with Gasteiger partial charge in [-0.25, -0.2) is 8.78 Å². The van der Waals surface area contributed by atoms with Gasteiger partial charge in [0.15, 0.2) is 11.6 Å². The Bertz CT molecular complexity index is 1100. The number of hydrogen-bond acceptors (Lipinski definition) is 2. The maximum atomic E-state index is 14.7. The van der Waals surface area contributed by atoms with E-state index in [2.05, 4.69) is 6.92 Å². The number of aromatic hydroxyl groups is 1. The fourth-order valence-electron chi connectivity index (χ4n) is 3.54. The predicted octanol–water partition coefficient (Wildman–Crippen LogP) is 6.53. The lowest BCUT2D eigenvalue weighted by molar-refractivity contribution is 0.406. The maximum Gasteiger partial charge on any atom is 0.201 e. The van der Waals surface area contributed by atoms with Gasteiger partial charge in [0, 0.05) is 5.56 Å². The van der Waals surface area contributed by atoms with Crippen molar-refractivity contribution in [3.63, 3.8) is 0 Å². The number of benzene rings is 3. The molecule has 0 saturated heterocycles. The van der Waals surface area contributed by atoms with Gasteiger partial charge in [-0.3, -0.25) is 0 Å². The molecule has 0 amide bonds. The second kappa shape index (κ2) is 8.40. The third-order valence-electron chi connectivity index (χ3n) is 4.97. The van der Waals surface area contributed by atoms with E-state index in [0.29, 0.717) is 11.1 Å². The third kappa shape index (κ3) is 3.71. The van der Waals surface area contributed by atoms with Crippen LogP contribution in [-0.2, 0) is 12.8 Å². The first-order chi connectivity index (χ1) is 13.9. The average Bonchev–Trinajstić information content (AvgIpc) is 2.72. The molecule has 0 atom stereocenters. The summed E-state index contributed by atoms with van der Waals surface area (Å²) < 4.78 is 43.3. The SMILES string of the molecule is CCCc1ccc(-c2c(CC)c(F)c(F)c(O)c2-c2ccc(C#N)c(F)c2)cc1. The topological polar surface area (TPSA) is 44.0 Å². The number of nitriles is 1. The Labute approximate surface area is 167 Å². The second-order valence-electron chi connectivity index (χ2n) is 6.81. The first kappa shape index (κ1) is 20.5. The van der Waals surface area contributed by atoms with Crippen molar-refractivity contribution in [2.75, 3.05) is 0 Å². The lowest BCUT2D eigenvalue weighted by Gasteiger charge is -2.19. The highest BCUT2D eigenvalue weighted by atomic mass is 19.2. The van der Waals surface area contributed by atoms with Gasteiger partial charge in [-0.1, -0.05) is 50.6 Å². The minimum Gasteiger partial charge on any atom is -0.504 e. The van der Waals surface area contributed by atoms with Crippen LogP contribution in [0.25, 0.3) is 22.3 Å². The van der Waals surface area contributed by atoms with Crippen molar-refractivity contribution in [1.29, 1.82) is 5.26 Å². The van der Waals surface area contributed by atoms with Gasteiger partial charge < -0.3 is 5.11 Å². The smallest absolute Gasteiger partial charge is 0.201 e. The quantitative estimate of drug-likeness (QED) is 0.534. The Morgan fingerprint density at radius 1 is 0.897 bits per heavy atom. The van der Waals surface area contributed by atoms with Gasteiger partial charge in [-0.15, -0.1) is 0 Å². The number of aryl methyl sites for hydroxylation is 1.